The molecule has 1 saturated heterocycles. The zero-order valence-corrected chi connectivity index (χ0v) is 12.1. The van der Waals surface area contributed by atoms with Crippen LogP contribution in [0.1, 0.15) is 31.7 Å². The van der Waals surface area contributed by atoms with Crippen molar-refractivity contribution in [2.24, 2.45) is 0 Å². The predicted octanol–water partition coefficient (Wildman–Crippen LogP) is 2.83. The largest absolute Gasteiger partial charge is 0.337 e. The summed E-state index contributed by atoms with van der Waals surface area (Å²) in [5.41, 5.74) is 1.09. The van der Waals surface area contributed by atoms with Gasteiger partial charge in [0.2, 0.25) is 5.91 Å². The lowest BCUT2D eigenvalue weighted by molar-refractivity contribution is -0.136. The average molecular weight is 281 g/mol. The Hall–Kier alpha value is -1.06. The van der Waals surface area contributed by atoms with Crippen molar-refractivity contribution >= 4 is 17.5 Å². The van der Waals surface area contributed by atoms with E-state index in [0.717, 1.165) is 42.9 Å². The Morgan fingerprint density at radius 3 is 3.05 bits per heavy atom. The molecule has 104 valence electrons. The van der Waals surface area contributed by atoms with Gasteiger partial charge in [0, 0.05) is 18.1 Å². The molecule has 1 fully saturated rings. The predicted molar refractivity (Wildman–Crippen MR) is 78.2 cm³/mol. The standard InChI is InChI=1S/C15H21ClN2O/c1-2-8-17-14-7-4-9-18(15(14)19)11-12-5-3-6-13(16)10-12/h3,5-6,10,14,17H,2,4,7-9,11H2,1H3. The van der Waals surface area contributed by atoms with Crippen molar-refractivity contribution in [3.8, 4) is 0 Å². The smallest absolute Gasteiger partial charge is 0.240 e. The van der Waals surface area contributed by atoms with E-state index in [9.17, 15) is 4.79 Å². The van der Waals surface area contributed by atoms with E-state index in [-0.39, 0.29) is 11.9 Å². The number of halogens is 1. The van der Waals surface area contributed by atoms with Crippen molar-refractivity contribution < 1.29 is 4.79 Å². The van der Waals surface area contributed by atoms with E-state index in [2.05, 4.69) is 12.2 Å². The van der Waals surface area contributed by atoms with E-state index >= 15 is 0 Å². The number of rotatable bonds is 5. The molecule has 0 bridgehead atoms. The average Bonchev–Trinajstić information content (AvgIpc) is 2.40. The minimum absolute atomic E-state index is 0.00659. The van der Waals surface area contributed by atoms with Crippen molar-refractivity contribution in [3.05, 3.63) is 34.9 Å². The number of piperidine rings is 1. The van der Waals surface area contributed by atoms with E-state index in [1.165, 1.54) is 0 Å². The molecular formula is C15H21ClN2O. The number of carbonyl (C=O) groups excluding carboxylic acids is 1. The zero-order chi connectivity index (χ0) is 13.7. The molecule has 2 rings (SSSR count). The third-order valence-corrected chi connectivity index (χ3v) is 3.67. The van der Waals surface area contributed by atoms with Gasteiger partial charge in [-0.05, 0) is 43.5 Å². The number of likely N-dealkylation sites (tertiary alicyclic amines) is 1. The number of benzene rings is 1. The van der Waals surface area contributed by atoms with Gasteiger partial charge in [-0.15, -0.1) is 0 Å². The summed E-state index contributed by atoms with van der Waals surface area (Å²) in [7, 11) is 0. The summed E-state index contributed by atoms with van der Waals surface area (Å²) in [6.07, 6.45) is 3.07. The molecule has 1 aliphatic heterocycles. The molecule has 1 aliphatic rings. The number of nitrogens with zero attached hydrogens (tertiary/aromatic N) is 1. The molecule has 0 aliphatic carbocycles. The van der Waals surface area contributed by atoms with Crippen molar-refractivity contribution in [3.63, 3.8) is 0 Å². The molecule has 4 heteroatoms. The quantitative estimate of drug-likeness (QED) is 0.899. The fraction of sp³-hybridized carbons (Fsp3) is 0.533. The van der Waals surface area contributed by atoms with E-state index < -0.39 is 0 Å². The number of hydrogen-bond donors (Lipinski definition) is 1. The highest BCUT2D eigenvalue weighted by Gasteiger charge is 2.27. The summed E-state index contributed by atoms with van der Waals surface area (Å²) in [5, 5.41) is 4.06. The van der Waals surface area contributed by atoms with Gasteiger partial charge < -0.3 is 10.2 Å². The van der Waals surface area contributed by atoms with Crippen molar-refractivity contribution in [2.45, 2.75) is 38.8 Å². The maximum Gasteiger partial charge on any atom is 0.240 e. The normalized spacial score (nSPS) is 19.8. The Balaban J connectivity index is 1.97. The van der Waals surface area contributed by atoms with Gasteiger partial charge in [0.1, 0.15) is 0 Å². The topological polar surface area (TPSA) is 32.3 Å². The zero-order valence-electron chi connectivity index (χ0n) is 11.4. The van der Waals surface area contributed by atoms with Gasteiger partial charge in [0.25, 0.3) is 0 Å². The summed E-state index contributed by atoms with van der Waals surface area (Å²) in [6, 6.07) is 7.72. The van der Waals surface area contributed by atoms with Crippen LogP contribution in [0.4, 0.5) is 0 Å². The highest BCUT2D eigenvalue weighted by molar-refractivity contribution is 6.30. The molecule has 0 saturated carbocycles. The first-order valence-corrected chi connectivity index (χ1v) is 7.35. The molecule has 19 heavy (non-hydrogen) atoms. The fourth-order valence-corrected chi connectivity index (χ4v) is 2.67. The molecule has 1 N–H and O–H groups in total. The van der Waals surface area contributed by atoms with Crippen LogP contribution in [0.2, 0.25) is 5.02 Å². The van der Waals surface area contributed by atoms with Gasteiger partial charge in [0.05, 0.1) is 6.04 Å². The van der Waals surface area contributed by atoms with E-state index in [1.807, 2.05) is 29.2 Å². The summed E-state index contributed by atoms with van der Waals surface area (Å²) in [6.45, 7) is 4.52. The van der Waals surface area contributed by atoms with Crippen LogP contribution in [0.3, 0.4) is 0 Å². The molecule has 0 spiro atoms. The second kappa shape index (κ2) is 6.92. The lowest BCUT2D eigenvalue weighted by Crippen LogP contribution is -2.50. The van der Waals surface area contributed by atoms with Crippen molar-refractivity contribution in [1.29, 1.82) is 0 Å². The first-order chi connectivity index (χ1) is 9.20. The minimum Gasteiger partial charge on any atom is -0.337 e. The summed E-state index contributed by atoms with van der Waals surface area (Å²) in [5.74, 6) is 0.222. The third-order valence-electron chi connectivity index (χ3n) is 3.43. The first-order valence-electron chi connectivity index (χ1n) is 6.97. The summed E-state index contributed by atoms with van der Waals surface area (Å²) >= 11 is 5.98. The monoisotopic (exact) mass is 280 g/mol. The second-order valence-corrected chi connectivity index (χ2v) is 5.48. The van der Waals surface area contributed by atoms with Crippen molar-refractivity contribution in [2.75, 3.05) is 13.1 Å². The number of amides is 1. The van der Waals surface area contributed by atoms with E-state index in [1.54, 1.807) is 0 Å². The van der Waals surface area contributed by atoms with Crippen molar-refractivity contribution in [1.82, 2.24) is 10.2 Å². The SMILES string of the molecule is CCCNC1CCCN(Cc2cccc(Cl)c2)C1=O. The molecule has 3 nitrogen and oxygen atoms in total. The molecule has 1 atom stereocenters. The van der Waals surface area contributed by atoms with Crippen LogP contribution in [0.5, 0.6) is 0 Å². The molecule has 1 aromatic rings. The lowest BCUT2D eigenvalue weighted by atomic mass is 10.0. The summed E-state index contributed by atoms with van der Waals surface area (Å²) < 4.78 is 0. The molecule has 1 amide bonds. The van der Waals surface area contributed by atoms with E-state index in [0.29, 0.717) is 6.54 Å². The van der Waals surface area contributed by atoms with Crippen LogP contribution in [-0.2, 0) is 11.3 Å². The molecule has 1 aromatic carbocycles. The molecule has 1 unspecified atom stereocenters. The highest BCUT2D eigenvalue weighted by Crippen LogP contribution is 2.17. The van der Waals surface area contributed by atoms with Crippen LogP contribution in [0.15, 0.2) is 24.3 Å². The molecule has 1 heterocycles. The van der Waals surface area contributed by atoms with Gasteiger partial charge in [-0.2, -0.15) is 0 Å². The van der Waals surface area contributed by atoms with Gasteiger partial charge in [-0.25, -0.2) is 0 Å². The minimum atomic E-state index is -0.00659. The van der Waals surface area contributed by atoms with E-state index in [4.69, 9.17) is 11.6 Å². The van der Waals surface area contributed by atoms with Crippen LogP contribution in [0, 0.1) is 0 Å². The number of carbonyl (C=O) groups is 1. The van der Waals surface area contributed by atoms with Gasteiger partial charge >= 0.3 is 0 Å². The molecule has 0 aromatic heterocycles. The number of hydrogen-bond acceptors (Lipinski definition) is 2. The Labute approximate surface area is 119 Å². The Bertz CT molecular complexity index is 436. The Kier molecular flexibility index (Phi) is 5.23. The maximum absolute atomic E-state index is 12.4. The highest BCUT2D eigenvalue weighted by atomic mass is 35.5. The molecular weight excluding hydrogens is 260 g/mol. The Morgan fingerprint density at radius 1 is 1.47 bits per heavy atom. The first kappa shape index (κ1) is 14.4. The van der Waals surface area contributed by atoms with Crippen LogP contribution in [-0.4, -0.2) is 29.9 Å². The number of nitrogens with one attached hydrogen (secondary N) is 1. The second-order valence-electron chi connectivity index (χ2n) is 5.04. The lowest BCUT2D eigenvalue weighted by Gasteiger charge is -2.32. The maximum atomic E-state index is 12.4. The van der Waals surface area contributed by atoms with Gasteiger partial charge in [0.15, 0.2) is 0 Å². The van der Waals surface area contributed by atoms with Gasteiger partial charge in [-0.3, -0.25) is 4.79 Å². The van der Waals surface area contributed by atoms with Crippen LogP contribution >= 0.6 is 11.6 Å². The third kappa shape index (κ3) is 3.95. The Morgan fingerprint density at radius 2 is 2.32 bits per heavy atom. The van der Waals surface area contributed by atoms with Crippen LogP contribution < -0.4 is 5.32 Å². The molecule has 0 radical (unpaired) electrons. The van der Waals surface area contributed by atoms with Crippen LogP contribution in [0.25, 0.3) is 0 Å². The fourth-order valence-electron chi connectivity index (χ4n) is 2.46. The summed E-state index contributed by atoms with van der Waals surface area (Å²) in [4.78, 5) is 14.3. The van der Waals surface area contributed by atoms with Gasteiger partial charge in [-0.1, -0.05) is 30.7 Å².